The summed E-state index contributed by atoms with van der Waals surface area (Å²) in [5, 5.41) is 11.8. The Morgan fingerprint density at radius 3 is 2.90 bits per heavy atom. The fraction of sp³-hybridized carbons (Fsp3) is 0.467. The Kier molecular flexibility index (Phi) is 4.74. The number of nitrogens with one attached hydrogen (secondary N) is 1. The summed E-state index contributed by atoms with van der Waals surface area (Å²) in [6, 6.07) is 4.90. The van der Waals surface area contributed by atoms with Crippen molar-refractivity contribution in [3.05, 3.63) is 29.3 Å². The summed E-state index contributed by atoms with van der Waals surface area (Å²) < 4.78 is 5.46. The lowest BCUT2D eigenvalue weighted by Gasteiger charge is -2.10. The highest BCUT2D eigenvalue weighted by molar-refractivity contribution is 5.94. The van der Waals surface area contributed by atoms with Gasteiger partial charge in [-0.05, 0) is 43.9 Å². The van der Waals surface area contributed by atoms with Gasteiger partial charge in [-0.25, -0.2) is 4.79 Å². The molecule has 0 bridgehead atoms. The number of hydrogen-bond donors (Lipinski definition) is 2. The van der Waals surface area contributed by atoms with Gasteiger partial charge in [-0.1, -0.05) is 6.07 Å². The number of aryl methyl sites for hydroxylation is 1. The van der Waals surface area contributed by atoms with E-state index in [1.165, 1.54) is 6.07 Å². The molecule has 20 heavy (non-hydrogen) atoms. The van der Waals surface area contributed by atoms with Crippen LogP contribution >= 0.6 is 0 Å². The van der Waals surface area contributed by atoms with Gasteiger partial charge in [0, 0.05) is 18.7 Å². The van der Waals surface area contributed by atoms with Crippen LogP contribution in [0.25, 0.3) is 0 Å². The molecule has 0 radical (unpaired) electrons. The number of amides is 1. The van der Waals surface area contributed by atoms with Crippen molar-refractivity contribution in [1.29, 1.82) is 0 Å². The number of hydrogen-bond acceptors (Lipinski definition) is 3. The van der Waals surface area contributed by atoms with Gasteiger partial charge in [0.05, 0.1) is 11.7 Å². The third-order valence-corrected chi connectivity index (χ3v) is 3.47. The van der Waals surface area contributed by atoms with Crippen LogP contribution in [0.4, 0.5) is 5.69 Å². The third-order valence-electron chi connectivity index (χ3n) is 3.47. The first-order valence-electron chi connectivity index (χ1n) is 6.81. The van der Waals surface area contributed by atoms with E-state index in [1.54, 1.807) is 19.1 Å². The molecule has 5 heteroatoms. The van der Waals surface area contributed by atoms with E-state index in [0.29, 0.717) is 24.1 Å². The average Bonchev–Trinajstić information content (AvgIpc) is 2.91. The number of aromatic carboxylic acids is 1. The summed E-state index contributed by atoms with van der Waals surface area (Å²) in [5.74, 6) is -1.10. The molecule has 1 unspecified atom stereocenters. The number of rotatable bonds is 5. The van der Waals surface area contributed by atoms with Crippen molar-refractivity contribution in [1.82, 2.24) is 0 Å². The van der Waals surface area contributed by atoms with Gasteiger partial charge in [0.25, 0.3) is 0 Å². The summed E-state index contributed by atoms with van der Waals surface area (Å²) in [6.07, 6.45) is 3.37. The summed E-state index contributed by atoms with van der Waals surface area (Å²) in [4.78, 5) is 22.9. The largest absolute Gasteiger partial charge is 0.478 e. The second kappa shape index (κ2) is 6.52. The highest BCUT2D eigenvalue weighted by atomic mass is 16.5. The van der Waals surface area contributed by atoms with Crippen LogP contribution in [0.5, 0.6) is 0 Å². The first kappa shape index (κ1) is 14.5. The van der Waals surface area contributed by atoms with Gasteiger partial charge in [-0.2, -0.15) is 0 Å². The van der Waals surface area contributed by atoms with Gasteiger partial charge in [0.1, 0.15) is 0 Å². The van der Waals surface area contributed by atoms with Gasteiger partial charge in [-0.15, -0.1) is 0 Å². The van der Waals surface area contributed by atoms with E-state index in [4.69, 9.17) is 9.84 Å². The molecule has 0 spiro atoms. The minimum Gasteiger partial charge on any atom is -0.478 e. The van der Waals surface area contributed by atoms with Crippen LogP contribution < -0.4 is 5.32 Å². The van der Waals surface area contributed by atoms with Crippen LogP contribution in [0.3, 0.4) is 0 Å². The van der Waals surface area contributed by atoms with E-state index in [2.05, 4.69) is 5.32 Å². The quantitative estimate of drug-likeness (QED) is 0.867. The lowest BCUT2D eigenvalue weighted by Crippen LogP contribution is -2.15. The Hall–Kier alpha value is -1.88. The number of carboxylic acids is 1. The predicted octanol–water partition coefficient (Wildman–Crippen LogP) is 2.59. The number of ether oxygens (including phenoxy) is 1. The van der Waals surface area contributed by atoms with Gasteiger partial charge >= 0.3 is 5.97 Å². The lowest BCUT2D eigenvalue weighted by atomic mass is 10.1. The molecule has 0 aromatic heterocycles. The van der Waals surface area contributed by atoms with E-state index in [9.17, 15) is 9.59 Å². The molecule has 1 aromatic carbocycles. The summed E-state index contributed by atoms with van der Waals surface area (Å²) >= 11 is 0. The molecule has 2 rings (SSSR count). The monoisotopic (exact) mass is 277 g/mol. The van der Waals surface area contributed by atoms with E-state index in [-0.39, 0.29) is 17.6 Å². The molecule has 1 aromatic rings. The van der Waals surface area contributed by atoms with Crippen LogP contribution in [0, 0.1) is 6.92 Å². The van der Waals surface area contributed by atoms with Crippen LogP contribution in [0.1, 0.15) is 41.6 Å². The Morgan fingerprint density at radius 1 is 1.45 bits per heavy atom. The molecule has 1 heterocycles. The van der Waals surface area contributed by atoms with Crippen LogP contribution in [-0.4, -0.2) is 29.7 Å². The van der Waals surface area contributed by atoms with Crippen molar-refractivity contribution in [2.24, 2.45) is 0 Å². The molecule has 1 fully saturated rings. The fourth-order valence-corrected chi connectivity index (χ4v) is 2.32. The molecule has 1 amide bonds. The molecule has 2 N–H and O–H groups in total. The Balaban J connectivity index is 1.90. The molecule has 1 atom stereocenters. The van der Waals surface area contributed by atoms with E-state index in [1.807, 2.05) is 0 Å². The van der Waals surface area contributed by atoms with Gasteiger partial charge in [0.15, 0.2) is 0 Å². The fourth-order valence-electron chi connectivity index (χ4n) is 2.32. The normalized spacial score (nSPS) is 17.9. The summed E-state index contributed by atoms with van der Waals surface area (Å²) in [6.45, 7) is 2.51. The van der Waals surface area contributed by atoms with Crippen molar-refractivity contribution in [3.63, 3.8) is 0 Å². The number of carbonyl (C=O) groups is 2. The SMILES string of the molecule is Cc1ccc(NC(=O)CCC2CCCO2)cc1C(=O)O. The average molecular weight is 277 g/mol. The molecule has 0 saturated carbocycles. The highest BCUT2D eigenvalue weighted by Crippen LogP contribution is 2.18. The number of anilines is 1. The maximum Gasteiger partial charge on any atom is 0.336 e. The minimum absolute atomic E-state index is 0.110. The summed E-state index contributed by atoms with van der Waals surface area (Å²) in [5.41, 5.74) is 1.40. The zero-order chi connectivity index (χ0) is 14.5. The van der Waals surface area contributed by atoms with E-state index in [0.717, 1.165) is 19.4 Å². The van der Waals surface area contributed by atoms with Crippen molar-refractivity contribution in [2.75, 3.05) is 11.9 Å². The molecule has 108 valence electrons. The predicted molar refractivity (Wildman–Crippen MR) is 75.0 cm³/mol. The molecular weight excluding hydrogens is 258 g/mol. The molecule has 1 aliphatic heterocycles. The van der Waals surface area contributed by atoms with Crippen LogP contribution in [-0.2, 0) is 9.53 Å². The maximum atomic E-state index is 11.8. The minimum atomic E-state index is -0.988. The van der Waals surface area contributed by atoms with E-state index < -0.39 is 5.97 Å². The molecule has 0 aliphatic carbocycles. The van der Waals surface area contributed by atoms with Gasteiger partial charge in [0.2, 0.25) is 5.91 Å². The number of benzene rings is 1. The third kappa shape index (κ3) is 3.81. The first-order chi connectivity index (χ1) is 9.56. The second-order valence-electron chi connectivity index (χ2n) is 5.06. The van der Waals surface area contributed by atoms with Crippen LogP contribution in [0.15, 0.2) is 18.2 Å². The van der Waals surface area contributed by atoms with E-state index >= 15 is 0 Å². The topological polar surface area (TPSA) is 75.6 Å². The number of carbonyl (C=O) groups excluding carboxylic acids is 1. The highest BCUT2D eigenvalue weighted by Gasteiger charge is 2.17. The van der Waals surface area contributed by atoms with Crippen molar-refractivity contribution < 1.29 is 19.4 Å². The Morgan fingerprint density at radius 2 is 2.25 bits per heavy atom. The Bertz CT molecular complexity index is 507. The Labute approximate surface area is 117 Å². The zero-order valence-corrected chi connectivity index (χ0v) is 11.5. The van der Waals surface area contributed by atoms with Gasteiger partial charge < -0.3 is 15.2 Å². The number of carboxylic acid groups (broad SMARTS) is 1. The smallest absolute Gasteiger partial charge is 0.336 e. The lowest BCUT2D eigenvalue weighted by molar-refractivity contribution is -0.116. The molecule has 1 saturated heterocycles. The zero-order valence-electron chi connectivity index (χ0n) is 11.5. The maximum absolute atomic E-state index is 11.8. The second-order valence-corrected chi connectivity index (χ2v) is 5.06. The molecular formula is C15H19NO4. The van der Waals surface area contributed by atoms with Gasteiger partial charge in [-0.3, -0.25) is 4.79 Å². The molecule has 1 aliphatic rings. The molecule has 5 nitrogen and oxygen atoms in total. The first-order valence-corrected chi connectivity index (χ1v) is 6.81. The van der Waals surface area contributed by atoms with Crippen molar-refractivity contribution in [3.8, 4) is 0 Å². The summed E-state index contributed by atoms with van der Waals surface area (Å²) in [7, 11) is 0. The van der Waals surface area contributed by atoms with Crippen molar-refractivity contribution >= 4 is 17.6 Å². The standard InChI is InChI=1S/C15H19NO4/c1-10-4-5-11(9-13(10)15(18)19)16-14(17)7-6-12-3-2-8-20-12/h4-5,9,12H,2-3,6-8H2,1H3,(H,16,17)(H,18,19). The van der Waals surface area contributed by atoms with Crippen LogP contribution in [0.2, 0.25) is 0 Å². The van der Waals surface area contributed by atoms with Crippen molar-refractivity contribution in [2.45, 2.75) is 38.7 Å².